The first-order valence-corrected chi connectivity index (χ1v) is 14.1. The van der Waals surface area contributed by atoms with Gasteiger partial charge in [-0.05, 0) is 61.7 Å². The third-order valence-electron chi connectivity index (χ3n) is 6.48. The van der Waals surface area contributed by atoms with Crippen LogP contribution in [0.25, 0.3) is 11.1 Å². The molecule has 0 aromatic heterocycles. The molecule has 0 N–H and O–H groups in total. The Kier molecular flexibility index (Phi) is 8.96. The number of rotatable bonds is 7. The summed E-state index contributed by atoms with van der Waals surface area (Å²) in [6.45, 7) is 28.2. The first-order valence-electron chi connectivity index (χ1n) is 12.8. The third-order valence-corrected chi connectivity index (χ3v) is 9.99. The maximum Gasteiger partial charge on any atom is 0.131 e. The van der Waals surface area contributed by atoms with Crippen molar-refractivity contribution in [2.45, 2.75) is 111 Å². The summed E-state index contributed by atoms with van der Waals surface area (Å²) in [5, 5.41) is 1.62. The number of benzene rings is 2. The molecule has 0 aliphatic carbocycles. The Morgan fingerprint density at radius 3 is 1.41 bits per heavy atom. The highest BCUT2D eigenvalue weighted by molar-refractivity contribution is 7.68. The van der Waals surface area contributed by atoms with E-state index in [4.69, 9.17) is 9.47 Å². The number of ether oxygens (including phenoxy) is 2. The molecule has 0 radical (unpaired) electrons. The van der Waals surface area contributed by atoms with Crippen LogP contribution in [0, 0.1) is 0 Å². The highest BCUT2D eigenvalue weighted by Crippen LogP contribution is 2.61. The molecule has 0 bridgehead atoms. The van der Waals surface area contributed by atoms with Crippen molar-refractivity contribution < 1.29 is 9.47 Å². The van der Waals surface area contributed by atoms with Gasteiger partial charge in [-0.15, -0.1) is 0 Å². The van der Waals surface area contributed by atoms with Gasteiger partial charge in [0.15, 0.2) is 0 Å². The van der Waals surface area contributed by atoms with E-state index >= 15 is 0 Å². The van der Waals surface area contributed by atoms with Gasteiger partial charge in [0.2, 0.25) is 0 Å². The van der Waals surface area contributed by atoms with Crippen LogP contribution in [0.5, 0.6) is 11.5 Å². The molecule has 2 nitrogen and oxygen atoms in total. The van der Waals surface area contributed by atoms with Gasteiger partial charge in [-0.2, -0.15) is 0 Å². The normalized spacial score (nSPS) is 12.9. The largest absolute Gasteiger partial charge is 0.497 e. The summed E-state index contributed by atoms with van der Waals surface area (Å²) in [6.07, 6.45) is 0. The fourth-order valence-corrected chi connectivity index (χ4v) is 9.42. The molecule has 34 heavy (non-hydrogen) atoms. The zero-order chi connectivity index (χ0) is 26.2. The quantitative estimate of drug-likeness (QED) is 0.364. The average molecular weight is 485 g/mol. The second-order valence-corrected chi connectivity index (χ2v) is 16.3. The summed E-state index contributed by atoms with van der Waals surface area (Å²) in [5.74, 6) is 3.08. The lowest BCUT2D eigenvalue weighted by Crippen LogP contribution is -2.32. The molecule has 0 unspecified atom stereocenters. The summed E-state index contributed by atoms with van der Waals surface area (Å²) in [4.78, 5) is 0. The van der Waals surface area contributed by atoms with E-state index in [1.807, 2.05) is 0 Å². The highest BCUT2D eigenvalue weighted by atomic mass is 31.1. The third kappa shape index (κ3) is 5.99. The van der Waals surface area contributed by atoms with Crippen molar-refractivity contribution in [3.63, 3.8) is 0 Å². The number of methoxy groups -OCH3 is 2. The topological polar surface area (TPSA) is 18.5 Å². The van der Waals surface area contributed by atoms with Gasteiger partial charge in [0.1, 0.15) is 11.5 Å². The molecule has 3 heteroatoms. The smallest absolute Gasteiger partial charge is 0.131 e. The Morgan fingerprint density at radius 2 is 1.09 bits per heavy atom. The fourth-order valence-electron chi connectivity index (χ4n) is 5.26. The van der Waals surface area contributed by atoms with Gasteiger partial charge in [0.05, 0.1) is 14.2 Å². The van der Waals surface area contributed by atoms with E-state index < -0.39 is 7.92 Å². The van der Waals surface area contributed by atoms with Crippen LogP contribution in [-0.2, 0) is 0 Å². The second kappa shape index (κ2) is 10.6. The number of hydrogen-bond donors (Lipinski definition) is 0. The summed E-state index contributed by atoms with van der Waals surface area (Å²) < 4.78 is 11.9. The Bertz CT molecular complexity index is 945. The molecular weight excluding hydrogens is 435 g/mol. The van der Waals surface area contributed by atoms with Crippen molar-refractivity contribution in [3.05, 3.63) is 41.0 Å². The first kappa shape index (κ1) is 28.7. The SMILES string of the molecule is COc1cc(OC)c(-c2c(C(C)C)cc(C(C)C)cc2C(C)C)c(P(C(C)(C)C)C(C)(C)C)c1. The predicted octanol–water partition coefficient (Wildman–Crippen LogP) is 9.45. The second-order valence-electron chi connectivity index (χ2n) is 12.4. The van der Waals surface area contributed by atoms with Crippen molar-refractivity contribution >= 4 is 13.2 Å². The summed E-state index contributed by atoms with van der Waals surface area (Å²) in [7, 11) is 2.98. The van der Waals surface area contributed by atoms with Crippen LogP contribution in [0.1, 0.15) is 118 Å². The lowest BCUT2D eigenvalue weighted by molar-refractivity contribution is 0.396. The minimum absolute atomic E-state index is 0.119. The van der Waals surface area contributed by atoms with Gasteiger partial charge in [-0.3, -0.25) is 0 Å². The van der Waals surface area contributed by atoms with Crippen molar-refractivity contribution in [3.8, 4) is 22.6 Å². The van der Waals surface area contributed by atoms with Crippen molar-refractivity contribution in [1.29, 1.82) is 0 Å². The van der Waals surface area contributed by atoms with Crippen LogP contribution in [0.4, 0.5) is 0 Å². The average Bonchev–Trinajstić information content (AvgIpc) is 2.69. The lowest BCUT2D eigenvalue weighted by Gasteiger charge is -2.43. The van der Waals surface area contributed by atoms with Gasteiger partial charge < -0.3 is 9.47 Å². The Balaban J connectivity index is 3.19. The molecule has 0 heterocycles. The van der Waals surface area contributed by atoms with Crippen molar-refractivity contribution in [2.75, 3.05) is 14.2 Å². The van der Waals surface area contributed by atoms with Crippen LogP contribution in [-0.4, -0.2) is 24.5 Å². The molecule has 0 fully saturated rings. The van der Waals surface area contributed by atoms with Crippen LogP contribution < -0.4 is 14.8 Å². The first-order chi connectivity index (χ1) is 15.5. The van der Waals surface area contributed by atoms with Crippen LogP contribution in [0.3, 0.4) is 0 Å². The monoisotopic (exact) mass is 484 g/mol. The van der Waals surface area contributed by atoms with Crippen molar-refractivity contribution in [1.82, 2.24) is 0 Å². The zero-order valence-electron chi connectivity index (χ0n) is 24.3. The molecule has 2 aromatic carbocycles. The Morgan fingerprint density at radius 1 is 0.618 bits per heavy atom. The standard InChI is InChI=1S/C31H49O2P/c1-19(2)22-15-24(20(3)4)28(25(16-22)21(5)6)29-26(33-14)17-23(32-13)18-27(29)34(30(7,8)9)31(10,11)12/h15-21H,1-14H3. The summed E-state index contributed by atoms with van der Waals surface area (Å²) in [5.41, 5.74) is 6.88. The van der Waals surface area contributed by atoms with E-state index in [1.54, 1.807) is 14.2 Å². The van der Waals surface area contributed by atoms with E-state index in [2.05, 4.69) is 107 Å². The summed E-state index contributed by atoms with van der Waals surface area (Å²) >= 11 is 0. The van der Waals surface area contributed by atoms with E-state index in [9.17, 15) is 0 Å². The van der Waals surface area contributed by atoms with Crippen LogP contribution in [0.15, 0.2) is 24.3 Å². The minimum atomic E-state index is -0.570. The van der Waals surface area contributed by atoms with E-state index in [1.165, 1.54) is 33.1 Å². The molecule has 0 spiro atoms. The molecule has 2 rings (SSSR count). The molecular formula is C31H49O2P. The molecule has 0 saturated heterocycles. The Hall–Kier alpha value is -1.53. The van der Waals surface area contributed by atoms with Gasteiger partial charge in [-0.25, -0.2) is 0 Å². The van der Waals surface area contributed by atoms with E-state index in [0.717, 1.165) is 11.5 Å². The molecule has 0 aliphatic heterocycles. The van der Waals surface area contributed by atoms with Gasteiger partial charge in [0.25, 0.3) is 0 Å². The maximum absolute atomic E-state index is 6.14. The maximum atomic E-state index is 6.14. The molecule has 0 saturated carbocycles. The zero-order valence-corrected chi connectivity index (χ0v) is 25.2. The van der Waals surface area contributed by atoms with Gasteiger partial charge in [-0.1, -0.05) is 103 Å². The summed E-state index contributed by atoms with van der Waals surface area (Å²) in [6, 6.07) is 9.26. The van der Waals surface area contributed by atoms with Crippen LogP contribution in [0.2, 0.25) is 0 Å². The van der Waals surface area contributed by atoms with Gasteiger partial charge >= 0.3 is 0 Å². The Labute approximate surface area is 211 Å². The fraction of sp³-hybridized carbons (Fsp3) is 0.613. The number of hydrogen-bond acceptors (Lipinski definition) is 2. The molecule has 0 aliphatic rings. The van der Waals surface area contributed by atoms with Crippen LogP contribution >= 0.6 is 7.92 Å². The van der Waals surface area contributed by atoms with E-state index in [-0.39, 0.29) is 10.3 Å². The predicted molar refractivity (Wildman–Crippen MR) is 153 cm³/mol. The molecule has 190 valence electrons. The highest BCUT2D eigenvalue weighted by Gasteiger charge is 2.39. The minimum Gasteiger partial charge on any atom is -0.497 e. The lowest BCUT2D eigenvalue weighted by atomic mass is 9.81. The van der Waals surface area contributed by atoms with Crippen molar-refractivity contribution in [2.24, 2.45) is 0 Å². The van der Waals surface area contributed by atoms with E-state index in [0.29, 0.717) is 17.8 Å². The molecule has 0 amide bonds. The molecule has 2 aromatic rings. The van der Waals surface area contributed by atoms with Gasteiger partial charge in [0, 0.05) is 11.6 Å². The molecule has 0 atom stereocenters.